The van der Waals surface area contributed by atoms with Crippen molar-refractivity contribution < 1.29 is 35.7 Å². The van der Waals surface area contributed by atoms with E-state index in [0.29, 0.717) is 24.7 Å². The second-order valence-corrected chi connectivity index (χ2v) is 6.03. The monoisotopic (exact) mass is 342 g/mol. The van der Waals surface area contributed by atoms with Crippen LogP contribution in [0.3, 0.4) is 0 Å². The Bertz CT molecular complexity index is 312. The molecule has 4 nitrogen and oxygen atoms in total. The maximum atomic E-state index is 10.8. The molecule has 0 atom stereocenters. The quantitative estimate of drug-likeness (QED) is 0.502. The van der Waals surface area contributed by atoms with E-state index in [9.17, 15) is 19.2 Å². The summed E-state index contributed by atoms with van der Waals surface area (Å²) < 4.78 is 0. The van der Waals surface area contributed by atoms with E-state index in [2.05, 4.69) is 0 Å². The predicted molar refractivity (Wildman–Crippen MR) is 79.5 cm³/mol. The maximum Gasteiger partial charge on any atom is 2.00 e. The molecule has 0 aromatic carbocycles. The Balaban J connectivity index is -0.000000295. The Kier molecular flexibility index (Phi) is 16.9. The fraction of sp³-hybridized carbons (Fsp3) is 0.750. The van der Waals surface area contributed by atoms with Gasteiger partial charge < -0.3 is 0 Å². The van der Waals surface area contributed by atoms with Crippen LogP contribution in [0.2, 0.25) is 0 Å². The molecule has 0 spiro atoms. The van der Waals surface area contributed by atoms with Crippen molar-refractivity contribution in [2.45, 2.75) is 67.2 Å². The zero-order valence-corrected chi connectivity index (χ0v) is 14.9. The van der Waals surface area contributed by atoms with E-state index in [-0.39, 0.29) is 52.5 Å². The third-order valence-corrected chi connectivity index (χ3v) is 2.16. The van der Waals surface area contributed by atoms with Crippen LogP contribution >= 0.6 is 0 Å². The van der Waals surface area contributed by atoms with Gasteiger partial charge in [0.15, 0.2) is 0 Å². The Morgan fingerprint density at radius 3 is 1.05 bits per heavy atom. The second-order valence-electron chi connectivity index (χ2n) is 6.03. The van der Waals surface area contributed by atoms with Crippen molar-refractivity contribution in [3.8, 4) is 0 Å². The van der Waals surface area contributed by atoms with Crippen molar-refractivity contribution in [3.05, 3.63) is 0 Å². The van der Waals surface area contributed by atoms with Crippen molar-refractivity contribution in [1.82, 2.24) is 0 Å². The summed E-state index contributed by atoms with van der Waals surface area (Å²) in [6, 6.07) is 0. The third-order valence-electron chi connectivity index (χ3n) is 2.16. The molecule has 0 aliphatic carbocycles. The van der Waals surface area contributed by atoms with Gasteiger partial charge in [0, 0.05) is 12.8 Å². The van der Waals surface area contributed by atoms with Gasteiger partial charge in [0.05, 0.1) is 12.8 Å². The molecule has 0 saturated carbocycles. The third kappa shape index (κ3) is 24.6. The molecule has 0 aliphatic heterocycles. The number of hydrogen-bond donors (Lipinski definition) is 0. The van der Waals surface area contributed by atoms with Gasteiger partial charge in [0.25, 0.3) is 0 Å². The summed E-state index contributed by atoms with van der Waals surface area (Å²) in [5.41, 5.74) is 0. The molecule has 0 aromatic heterocycles. The van der Waals surface area contributed by atoms with E-state index in [1.807, 2.05) is 27.7 Å². The molecule has 0 aromatic rings. The van der Waals surface area contributed by atoms with Crippen LogP contribution in [0.15, 0.2) is 0 Å². The summed E-state index contributed by atoms with van der Waals surface area (Å²) in [4.78, 5) is 42.5. The van der Waals surface area contributed by atoms with E-state index in [1.165, 1.54) is 13.8 Å². The molecule has 0 unspecified atom stereocenters. The molecule has 0 N–H and O–H groups in total. The fourth-order valence-corrected chi connectivity index (χ4v) is 1.61. The van der Waals surface area contributed by atoms with Gasteiger partial charge in [-0.05, 0) is 25.7 Å². The molecule has 0 heterocycles. The SMILES string of the molecule is CC(=O)CC(=O)CC(C)C.CC(=O)CC(=O)CC(C)C.[Ni+2]. The van der Waals surface area contributed by atoms with E-state index >= 15 is 0 Å². The largest absolute Gasteiger partial charge is 2.00 e. The molecule has 0 saturated heterocycles. The van der Waals surface area contributed by atoms with Gasteiger partial charge >= 0.3 is 16.5 Å². The summed E-state index contributed by atoms with van der Waals surface area (Å²) in [5.74, 6) is 0.778. The van der Waals surface area contributed by atoms with Crippen LogP contribution in [0.4, 0.5) is 0 Å². The molecule has 0 radical (unpaired) electrons. The number of carbonyl (C=O) groups is 4. The molecular formula is C16H28NiO4+2. The molecule has 0 fully saturated rings. The zero-order valence-electron chi connectivity index (χ0n) is 13.9. The minimum atomic E-state index is -0.0364. The van der Waals surface area contributed by atoms with Crippen LogP contribution in [0.1, 0.15) is 67.2 Å². The molecule has 0 aliphatic rings. The van der Waals surface area contributed by atoms with Crippen LogP contribution in [-0.2, 0) is 35.7 Å². The van der Waals surface area contributed by atoms with Crippen LogP contribution < -0.4 is 0 Å². The first-order chi connectivity index (χ1) is 9.04. The standard InChI is InChI=1S/2C8H14O2.Ni/c2*1-6(2)4-8(10)5-7(3)9;/h2*6H,4-5H2,1-3H3;/q;;+2. The number of rotatable bonds is 8. The molecule has 5 heteroatoms. The van der Waals surface area contributed by atoms with Crippen LogP contribution in [0.25, 0.3) is 0 Å². The van der Waals surface area contributed by atoms with E-state index in [1.54, 1.807) is 0 Å². The molecule has 0 amide bonds. The molecule has 21 heavy (non-hydrogen) atoms. The molecule has 124 valence electrons. The number of carbonyl (C=O) groups excluding carboxylic acids is 4. The topological polar surface area (TPSA) is 68.3 Å². The minimum Gasteiger partial charge on any atom is -0.300 e. The first-order valence-corrected chi connectivity index (χ1v) is 7.06. The first-order valence-electron chi connectivity index (χ1n) is 7.06. The first kappa shape index (κ1) is 25.1. The van der Waals surface area contributed by atoms with E-state index < -0.39 is 0 Å². The Morgan fingerprint density at radius 2 is 0.905 bits per heavy atom. The Morgan fingerprint density at radius 1 is 0.667 bits per heavy atom. The van der Waals surface area contributed by atoms with Gasteiger partial charge in [-0.15, -0.1) is 0 Å². The second kappa shape index (κ2) is 14.1. The average Bonchev–Trinajstić information content (AvgIpc) is 2.11. The summed E-state index contributed by atoms with van der Waals surface area (Å²) in [5, 5.41) is 0. The molecule has 0 rings (SSSR count). The zero-order chi connectivity index (χ0) is 16.3. The fourth-order valence-electron chi connectivity index (χ4n) is 1.61. The summed E-state index contributed by atoms with van der Waals surface area (Å²) in [6.07, 6.45) is 1.27. The van der Waals surface area contributed by atoms with Crippen LogP contribution in [-0.4, -0.2) is 23.1 Å². The van der Waals surface area contributed by atoms with Crippen molar-refractivity contribution >= 4 is 23.1 Å². The Labute approximate surface area is 138 Å². The summed E-state index contributed by atoms with van der Waals surface area (Å²) in [6.45, 7) is 10.8. The van der Waals surface area contributed by atoms with Gasteiger partial charge in [0.2, 0.25) is 0 Å². The Hall–Kier alpha value is -0.826. The number of hydrogen-bond acceptors (Lipinski definition) is 4. The number of Topliss-reactive ketones (excluding diaryl/α,β-unsaturated/α-hetero) is 4. The van der Waals surface area contributed by atoms with Crippen LogP contribution in [0, 0.1) is 11.8 Å². The number of ketones is 4. The van der Waals surface area contributed by atoms with Crippen molar-refractivity contribution in [2.24, 2.45) is 11.8 Å². The van der Waals surface area contributed by atoms with Gasteiger partial charge in [-0.25, -0.2) is 0 Å². The summed E-state index contributed by atoms with van der Waals surface area (Å²) >= 11 is 0. The van der Waals surface area contributed by atoms with Crippen LogP contribution in [0.5, 0.6) is 0 Å². The average molecular weight is 343 g/mol. The summed E-state index contributed by atoms with van der Waals surface area (Å²) in [7, 11) is 0. The van der Waals surface area contributed by atoms with Crippen molar-refractivity contribution in [2.75, 3.05) is 0 Å². The van der Waals surface area contributed by atoms with Gasteiger partial charge in [-0.1, -0.05) is 27.7 Å². The smallest absolute Gasteiger partial charge is 0.300 e. The van der Waals surface area contributed by atoms with Gasteiger partial charge in [0.1, 0.15) is 23.1 Å². The van der Waals surface area contributed by atoms with Gasteiger partial charge in [-0.2, -0.15) is 0 Å². The van der Waals surface area contributed by atoms with Crippen molar-refractivity contribution in [3.63, 3.8) is 0 Å². The minimum absolute atomic E-state index is 0. The van der Waals surface area contributed by atoms with Crippen molar-refractivity contribution in [1.29, 1.82) is 0 Å². The predicted octanol–water partition coefficient (Wildman–Crippen LogP) is 3.16. The van der Waals surface area contributed by atoms with Gasteiger partial charge in [-0.3, -0.25) is 19.2 Å². The van der Waals surface area contributed by atoms with E-state index in [4.69, 9.17) is 0 Å². The van der Waals surface area contributed by atoms with E-state index in [0.717, 1.165) is 0 Å². The normalized spacial score (nSPS) is 9.52. The maximum absolute atomic E-state index is 10.8. The molecule has 0 bridgehead atoms. The molecular weight excluding hydrogens is 315 g/mol.